The van der Waals surface area contributed by atoms with E-state index in [2.05, 4.69) is 0 Å². The summed E-state index contributed by atoms with van der Waals surface area (Å²) < 4.78 is 5.17. The molecule has 0 aliphatic heterocycles. The summed E-state index contributed by atoms with van der Waals surface area (Å²) in [7, 11) is 0. The van der Waals surface area contributed by atoms with Crippen molar-refractivity contribution in [1.82, 2.24) is 0 Å². The van der Waals surface area contributed by atoms with Crippen LogP contribution in [0.1, 0.15) is 18.9 Å². The average molecular weight is 260 g/mol. The van der Waals surface area contributed by atoms with Gasteiger partial charge in [-0.15, -0.1) is 0 Å². The zero-order chi connectivity index (χ0) is 13.8. The van der Waals surface area contributed by atoms with Crippen molar-refractivity contribution in [3.8, 4) is 11.5 Å². The van der Waals surface area contributed by atoms with Gasteiger partial charge < -0.3 is 14.9 Å². The molecule has 2 rings (SSSR count). The molecule has 0 unspecified atom stereocenters. The molecular weight excluding hydrogens is 244 g/mol. The highest BCUT2D eigenvalue weighted by molar-refractivity contribution is 5.89. The maximum Gasteiger partial charge on any atom is 0.341 e. The summed E-state index contributed by atoms with van der Waals surface area (Å²) >= 11 is 0. The lowest BCUT2D eigenvalue weighted by Gasteiger charge is -2.10. The molecule has 0 heterocycles. The first-order chi connectivity index (χ1) is 9.11. The highest BCUT2D eigenvalue weighted by Gasteiger charge is 2.08. The molecule has 0 aliphatic carbocycles. The Kier molecular flexibility index (Phi) is 3.90. The Morgan fingerprint density at radius 3 is 2.68 bits per heavy atom. The number of aliphatic carboxylic acids is 1. The lowest BCUT2D eigenvalue weighted by Crippen LogP contribution is -2.09. The molecule has 0 spiro atoms. The predicted molar refractivity (Wildman–Crippen MR) is 72.7 cm³/mol. The van der Waals surface area contributed by atoms with E-state index in [0.717, 1.165) is 29.2 Å². The lowest BCUT2D eigenvalue weighted by molar-refractivity contribution is -0.139. The molecular formula is C15H16O4. The van der Waals surface area contributed by atoms with Crippen LogP contribution in [-0.4, -0.2) is 22.8 Å². The monoisotopic (exact) mass is 260 g/mol. The van der Waals surface area contributed by atoms with Crippen LogP contribution in [-0.2, 0) is 11.2 Å². The molecule has 19 heavy (non-hydrogen) atoms. The molecule has 2 aromatic rings. The Bertz CT molecular complexity index is 604. The molecule has 0 atom stereocenters. The number of fused-ring (bicyclic) bond motifs is 1. The summed E-state index contributed by atoms with van der Waals surface area (Å²) in [5, 5.41) is 20.4. The molecule has 4 nitrogen and oxygen atoms in total. The standard InChI is InChI=1S/C15H16O4/c1-2-3-12-13-8-11(19-9-15(17)18)6-4-10(13)5-7-14(12)16/h4-8,16H,2-3,9H2,1H3,(H,17,18). The van der Waals surface area contributed by atoms with Gasteiger partial charge in [0.1, 0.15) is 11.5 Å². The fourth-order valence-corrected chi connectivity index (χ4v) is 2.10. The summed E-state index contributed by atoms with van der Waals surface area (Å²) in [6, 6.07) is 8.90. The number of carboxylic acid groups (broad SMARTS) is 1. The lowest BCUT2D eigenvalue weighted by atomic mass is 10.00. The van der Waals surface area contributed by atoms with E-state index >= 15 is 0 Å². The predicted octanol–water partition coefficient (Wildman–Crippen LogP) is 2.96. The Morgan fingerprint density at radius 1 is 1.26 bits per heavy atom. The zero-order valence-electron chi connectivity index (χ0n) is 10.7. The SMILES string of the molecule is CCCc1c(O)ccc2ccc(OCC(=O)O)cc12. The minimum Gasteiger partial charge on any atom is -0.508 e. The Hall–Kier alpha value is -2.23. The maximum atomic E-state index is 10.5. The molecule has 0 bridgehead atoms. The Labute approximate surface area is 111 Å². The van der Waals surface area contributed by atoms with Crippen LogP contribution in [0.15, 0.2) is 30.3 Å². The van der Waals surface area contributed by atoms with Crippen LogP contribution >= 0.6 is 0 Å². The van der Waals surface area contributed by atoms with Crippen LogP contribution in [0.25, 0.3) is 10.8 Å². The number of ether oxygens (including phenoxy) is 1. The van der Waals surface area contributed by atoms with E-state index in [1.54, 1.807) is 18.2 Å². The molecule has 0 aromatic heterocycles. The summed E-state index contributed by atoms with van der Waals surface area (Å²) in [6.07, 6.45) is 1.69. The largest absolute Gasteiger partial charge is 0.508 e. The van der Waals surface area contributed by atoms with E-state index in [4.69, 9.17) is 9.84 Å². The average Bonchev–Trinajstić information content (AvgIpc) is 2.39. The summed E-state index contributed by atoms with van der Waals surface area (Å²) in [5.74, 6) is -0.243. The Morgan fingerprint density at radius 2 is 2.00 bits per heavy atom. The minimum absolute atomic E-state index is 0.268. The third kappa shape index (κ3) is 2.96. The van der Waals surface area contributed by atoms with Gasteiger partial charge in [0, 0.05) is 5.56 Å². The van der Waals surface area contributed by atoms with Crippen LogP contribution in [0.5, 0.6) is 11.5 Å². The third-order valence-corrected chi connectivity index (χ3v) is 2.94. The number of benzene rings is 2. The molecule has 4 heteroatoms. The molecule has 0 saturated carbocycles. The van der Waals surface area contributed by atoms with Gasteiger partial charge in [-0.05, 0) is 35.4 Å². The smallest absolute Gasteiger partial charge is 0.341 e. The second-order valence-electron chi connectivity index (χ2n) is 4.38. The highest BCUT2D eigenvalue weighted by Crippen LogP contribution is 2.31. The number of phenolic OH excluding ortho intramolecular Hbond substituents is 1. The first kappa shape index (κ1) is 13.2. The minimum atomic E-state index is -1.01. The number of carbonyl (C=O) groups is 1. The van der Waals surface area contributed by atoms with Crippen molar-refractivity contribution in [3.63, 3.8) is 0 Å². The van der Waals surface area contributed by atoms with E-state index in [1.807, 2.05) is 19.1 Å². The molecule has 0 amide bonds. The van der Waals surface area contributed by atoms with Crippen LogP contribution in [0, 0.1) is 0 Å². The number of carboxylic acids is 1. The van der Waals surface area contributed by atoms with Crippen LogP contribution in [0.4, 0.5) is 0 Å². The zero-order valence-corrected chi connectivity index (χ0v) is 10.7. The van der Waals surface area contributed by atoms with Gasteiger partial charge in [-0.1, -0.05) is 25.5 Å². The number of hydrogen-bond acceptors (Lipinski definition) is 3. The van der Waals surface area contributed by atoms with E-state index < -0.39 is 5.97 Å². The van der Waals surface area contributed by atoms with Gasteiger partial charge in [0.05, 0.1) is 0 Å². The highest BCUT2D eigenvalue weighted by atomic mass is 16.5. The molecule has 0 radical (unpaired) electrons. The van der Waals surface area contributed by atoms with E-state index in [9.17, 15) is 9.90 Å². The van der Waals surface area contributed by atoms with Gasteiger partial charge in [0.25, 0.3) is 0 Å². The first-order valence-corrected chi connectivity index (χ1v) is 6.21. The van der Waals surface area contributed by atoms with Crippen molar-refractivity contribution >= 4 is 16.7 Å². The van der Waals surface area contributed by atoms with Gasteiger partial charge in [-0.3, -0.25) is 0 Å². The van der Waals surface area contributed by atoms with Gasteiger partial charge in [-0.25, -0.2) is 4.79 Å². The fourth-order valence-electron chi connectivity index (χ4n) is 2.10. The number of rotatable bonds is 5. The van der Waals surface area contributed by atoms with Crippen molar-refractivity contribution in [1.29, 1.82) is 0 Å². The van der Waals surface area contributed by atoms with E-state index in [1.165, 1.54) is 0 Å². The van der Waals surface area contributed by atoms with Crippen molar-refractivity contribution < 1.29 is 19.7 Å². The topological polar surface area (TPSA) is 66.8 Å². The quantitative estimate of drug-likeness (QED) is 0.867. The van der Waals surface area contributed by atoms with Gasteiger partial charge in [-0.2, -0.15) is 0 Å². The molecule has 2 aromatic carbocycles. The second-order valence-corrected chi connectivity index (χ2v) is 4.38. The molecule has 0 fully saturated rings. The van der Waals surface area contributed by atoms with Crippen molar-refractivity contribution in [2.45, 2.75) is 19.8 Å². The normalized spacial score (nSPS) is 10.6. The van der Waals surface area contributed by atoms with Gasteiger partial charge in [0.2, 0.25) is 0 Å². The number of aryl methyl sites for hydroxylation is 1. The third-order valence-electron chi connectivity index (χ3n) is 2.94. The van der Waals surface area contributed by atoms with Crippen LogP contribution in [0.2, 0.25) is 0 Å². The Balaban J connectivity index is 2.43. The first-order valence-electron chi connectivity index (χ1n) is 6.21. The van der Waals surface area contributed by atoms with Crippen molar-refractivity contribution in [2.24, 2.45) is 0 Å². The van der Waals surface area contributed by atoms with Crippen LogP contribution in [0.3, 0.4) is 0 Å². The molecule has 2 N–H and O–H groups in total. The molecule has 100 valence electrons. The second kappa shape index (κ2) is 5.61. The fraction of sp³-hybridized carbons (Fsp3) is 0.267. The van der Waals surface area contributed by atoms with Crippen molar-refractivity contribution in [3.05, 3.63) is 35.9 Å². The molecule has 0 aliphatic rings. The number of phenols is 1. The van der Waals surface area contributed by atoms with E-state index in [-0.39, 0.29) is 12.4 Å². The van der Waals surface area contributed by atoms with Crippen LogP contribution < -0.4 is 4.74 Å². The van der Waals surface area contributed by atoms with E-state index in [0.29, 0.717) is 5.75 Å². The van der Waals surface area contributed by atoms with Gasteiger partial charge in [0.15, 0.2) is 6.61 Å². The van der Waals surface area contributed by atoms with Crippen molar-refractivity contribution in [2.75, 3.05) is 6.61 Å². The summed E-state index contributed by atoms with van der Waals surface area (Å²) in [5.41, 5.74) is 0.876. The number of hydrogen-bond donors (Lipinski definition) is 2. The maximum absolute atomic E-state index is 10.5. The summed E-state index contributed by atoms with van der Waals surface area (Å²) in [6.45, 7) is 1.68. The number of aromatic hydroxyl groups is 1. The van der Waals surface area contributed by atoms with Gasteiger partial charge >= 0.3 is 5.97 Å². The molecule has 0 saturated heterocycles. The summed E-state index contributed by atoms with van der Waals surface area (Å²) in [4.78, 5) is 10.5.